The highest BCUT2D eigenvalue weighted by molar-refractivity contribution is 5.20. The molecule has 1 atom stereocenters. The zero-order valence-corrected chi connectivity index (χ0v) is 10.6. The average molecular weight is 247 g/mol. The predicted octanol–water partition coefficient (Wildman–Crippen LogP) is 2.32. The summed E-state index contributed by atoms with van der Waals surface area (Å²) in [5.41, 5.74) is 0. The molecule has 0 aliphatic rings. The van der Waals surface area contributed by atoms with E-state index >= 15 is 0 Å². The zero-order valence-electron chi connectivity index (χ0n) is 10.6. The van der Waals surface area contributed by atoms with Crippen LogP contribution >= 0.6 is 0 Å². The molecule has 1 N–H and O–H groups in total. The van der Waals surface area contributed by atoms with Gasteiger partial charge in [0.05, 0.1) is 6.04 Å². The Bertz CT molecular complexity index is 470. The first-order valence-corrected chi connectivity index (χ1v) is 6.03. The Balaban J connectivity index is 1.91. The summed E-state index contributed by atoms with van der Waals surface area (Å²) in [6, 6.07) is 9.62. The Morgan fingerprint density at radius 1 is 1.28 bits per heavy atom. The maximum atomic E-state index is 5.53. The van der Waals surface area contributed by atoms with E-state index in [-0.39, 0.29) is 12.6 Å². The maximum Gasteiger partial charge on any atom is 0.253 e. The lowest BCUT2D eigenvalue weighted by Gasteiger charge is -2.06. The van der Waals surface area contributed by atoms with Gasteiger partial charge in [-0.15, -0.1) is 10.2 Å². The van der Waals surface area contributed by atoms with Crippen LogP contribution in [0.4, 0.5) is 0 Å². The minimum Gasteiger partial charge on any atom is -0.484 e. The van der Waals surface area contributed by atoms with Crippen molar-refractivity contribution >= 4 is 0 Å². The van der Waals surface area contributed by atoms with Crippen LogP contribution in [0.3, 0.4) is 0 Å². The quantitative estimate of drug-likeness (QED) is 0.848. The molecule has 2 rings (SSSR count). The van der Waals surface area contributed by atoms with E-state index in [1.165, 1.54) is 0 Å². The molecule has 0 fully saturated rings. The van der Waals surface area contributed by atoms with Gasteiger partial charge < -0.3 is 14.5 Å². The van der Waals surface area contributed by atoms with E-state index in [0.717, 1.165) is 12.3 Å². The van der Waals surface area contributed by atoms with E-state index in [2.05, 4.69) is 15.5 Å². The standard InChI is InChI=1S/C13H17N3O2/c1-3-14-10(2)13-16-15-12(18-13)9-17-11-7-5-4-6-8-11/h4-8,10,14H,3,9H2,1-2H3. The summed E-state index contributed by atoms with van der Waals surface area (Å²) in [7, 11) is 0. The molecule has 0 saturated heterocycles. The molecule has 0 spiro atoms. The molecule has 0 aliphatic carbocycles. The SMILES string of the molecule is CCNC(C)c1nnc(COc2ccccc2)o1. The highest BCUT2D eigenvalue weighted by atomic mass is 16.5. The number of hydrogen-bond acceptors (Lipinski definition) is 5. The molecule has 0 aliphatic heterocycles. The van der Waals surface area contributed by atoms with Crippen LogP contribution < -0.4 is 10.1 Å². The Morgan fingerprint density at radius 2 is 2.06 bits per heavy atom. The van der Waals surface area contributed by atoms with Gasteiger partial charge in [0.15, 0.2) is 6.61 Å². The summed E-state index contributed by atoms with van der Waals surface area (Å²) in [4.78, 5) is 0. The fourth-order valence-corrected chi connectivity index (χ4v) is 1.56. The van der Waals surface area contributed by atoms with Crippen molar-refractivity contribution in [3.05, 3.63) is 42.1 Å². The number of benzene rings is 1. The van der Waals surface area contributed by atoms with E-state index in [0.29, 0.717) is 11.8 Å². The molecule has 0 bridgehead atoms. The molecule has 96 valence electrons. The Morgan fingerprint density at radius 3 is 2.78 bits per heavy atom. The normalized spacial score (nSPS) is 12.3. The molecule has 0 radical (unpaired) electrons. The highest BCUT2D eigenvalue weighted by Crippen LogP contribution is 2.13. The second-order valence-corrected chi connectivity index (χ2v) is 3.92. The lowest BCUT2D eigenvalue weighted by atomic mass is 10.3. The summed E-state index contributed by atoms with van der Waals surface area (Å²) < 4.78 is 11.0. The molecule has 1 heterocycles. The second kappa shape index (κ2) is 6.16. The van der Waals surface area contributed by atoms with E-state index in [1.807, 2.05) is 44.2 Å². The third kappa shape index (κ3) is 3.30. The molecule has 0 amide bonds. The predicted molar refractivity (Wildman–Crippen MR) is 67.2 cm³/mol. The average Bonchev–Trinajstić information content (AvgIpc) is 2.87. The fraction of sp³-hybridized carbons (Fsp3) is 0.385. The van der Waals surface area contributed by atoms with Crippen molar-refractivity contribution in [3.8, 4) is 5.75 Å². The Hall–Kier alpha value is -1.88. The largest absolute Gasteiger partial charge is 0.484 e. The van der Waals surface area contributed by atoms with Crippen molar-refractivity contribution < 1.29 is 9.15 Å². The third-order valence-electron chi connectivity index (χ3n) is 2.47. The molecule has 1 aromatic carbocycles. The Labute approximate surface area is 106 Å². The molecule has 18 heavy (non-hydrogen) atoms. The van der Waals surface area contributed by atoms with Gasteiger partial charge in [0.25, 0.3) is 5.89 Å². The van der Waals surface area contributed by atoms with E-state index in [1.54, 1.807) is 0 Å². The Kier molecular flexibility index (Phi) is 4.30. The summed E-state index contributed by atoms with van der Waals surface area (Å²) >= 11 is 0. The van der Waals surface area contributed by atoms with E-state index < -0.39 is 0 Å². The van der Waals surface area contributed by atoms with Crippen molar-refractivity contribution in [2.45, 2.75) is 26.5 Å². The first-order chi connectivity index (χ1) is 8.79. The van der Waals surface area contributed by atoms with E-state index in [9.17, 15) is 0 Å². The van der Waals surface area contributed by atoms with Gasteiger partial charge >= 0.3 is 0 Å². The minimum atomic E-state index is 0.0629. The number of para-hydroxylation sites is 1. The summed E-state index contributed by atoms with van der Waals surface area (Å²) in [5, 5.41) is 11.2. The number of rotatable bonds is 6. The van der Waals surface area contributed by atoms with Crippen LogP contribution in [0.2, 0.25) is 0 Å². The van der Waals surface area contributed by atoms with Crippen molar-refractivity contribution in [3.63, 3.8) is 0 Å². The van der Waals surface area contributed by atoms with Gasteiger partial charge in [0.1, 0.15) is 5.75 Å². The van der Waals surface area contributed by atoms with Crippen LogP contribution in [0.1, 0.15) is 31.7 Å². The molecular formula is C13H17N3O2. The van der Waals surface area contributed by atoms with Gasteiger partial charge in [-0.05, 0) is 25.6 Å². The topological polar surface area (TPSA) is 60.2 Å². The number of nitrogens with one attached hydrogen (secondary N) is 1. The van der Waals surface area contributed by atoms with Crippen LogP contribution in [-0.4, -0.2) is 16.7 Å². The van der Waals surface area contributed by atoms with Gasteiger partial charge in [-0.25, -0.2) is 0 Å². The van der Waals surface area contributed by atoms with Crippen molar-refractivity contribution in [2.24, 2.45) is 0 Å². The fourth-order valence-electron chi connectivity index (χ4n) is 1.56. The van der Waals surface area contributed by atoms with Gasteiger partial charge in [0.2, 0.25) is 5.89 Å². The number of hydrogen-bond donors (Lipinski definition) is 1. The zero-order chi connectivity index (χ0) is 12.8. The summed E-state index contributed by atoms with van der Waals surface area (Å²) in [6.07, 6.45) is 0. The van der Waals surface area contributed by atoms with Gasteiger partial charge in [-0.2, -0.15) is 0 Å². The molecule has 5 heteroatoms. The first-order valence-electron chi connectivity index (χ1n) is 6.03. The number of aromatic nitrogens is 2. The maximum absolute atomic E-state index is 5.53. The van der Waals surface area contributed by atoms with Crippen molar-refractivity contribution in [1.29, 1.82) is 0 Å². The molecule has 1 aromatic heterocycles. The second-order valence-electron chi connectivity index (χ2n) is 3.92. The summed E-state index contributed by atoms with van der Waals surface area (Å²) in [5.74, 6) is 1.86. The third-order valence-corrected chi connectivity index (χ3v) is 2.47. The number of nitrogens with zero attached hydrogens (tertiary/aromatic N) is 2. The highest BCUT2D eigenvalue weighted by Gasteiger charge is 2.12. The van der Waals surface area contributed by atoms with Crippen LogP contribution in [0.25, 0.3) is 0 Å². The van der Waals surface area contributed by atoms with Crippen LogP contribution in [-0.2, 0) is 6.61 Å². The molecule has 1 unspecified atom stereocenters. The molecule has 2 aromatic rings. The van der Waals surface area contributed by atoms with E-state index in [4.69, 9.17) is 9.15 Å². The lowest BCUT2D eigenvalue weighted by molar-refractivity contribution is 0.255. The van der Waals surface area contributed by atoms with Crippen LogP contribution in [0, 0.1) is 0 Å². The monoisotopic (exact) mass is 247 g/mol. The molecular weight excluding hydrogens is 230 g/mol. The lowest BCUT2D eigenvalue weighted by Crippen LogP contribution is -2.17. The molecule has 5 nitrogen and oxygen atoms in total. The number of ether oxygens (including phenoxy) is 1. The summed E-state index contributed by atoms with van der Waals surface area (Å²) in [6.45, 7) is 5.17. The van der Waals surface area contributed by atoms with Crippen LogP contribution in [0.5, 0.6) is 5.75 Å². The first kappa shape index (κ1) is 12.6. The van der Waals surface area contributed by atoms with Crippen molar-refractivity contribution in [2.75, 3.05) is 6.54 Å². The smallest absolute Gasteiger partial charge is 0.253 e. The minimum absolute atomic E-state index is 0.0629. The van der Waals surface area contributed by atoms with Gasteiger partial charge in [0, 0.05) is 0 Å². The van der Waals surface area contributed by atoms with Crippen molar-refractivity contribution in [1.82, 2.24) is 15.5 Å². The molecule has 0 saturated carbocycles. The van der Waals surface area contributed by atoms with Crippen LogP contribution in [0.15, 0.2) is 34.7 Å². The van der Waals surface area contributed by atoms with Gasteiger partial charge in [-0.3, -0.25) is 0 Å². The van der Waals surface area contributed by atoms with Gasteiger partial charge in [-0.1, -0.05) is 25.1 Å².